The molecule has 0 atom stereocenters. The largest absolute Gasteiger partial charge is 0.454 e. The molecule has 8 nitrogen and oxygen atoms in total. The third-order valence-electron chi connectivity index (χ3n) is 4.08. The van der Waals surface area contributed by atoms with E-state index in [9.17, 15) is 8.42 Å². The summed E-state index contributed by atoms with van der Waals surface area (Å²) in [6, 6.07) is 12.5. The molecular formula is C18H22N4O4S. The molecule has 2 aromatic carbocycles. The van der Waals surface area contributed by atoms with Crippen LogP contribution in [-0.4, -0.2) is 35.3 Å². The fourth-order valence-electron chi connectivity index (χ4n) is 2.55. The van der Waals surface area contributed by atoms with Crippen LogP contribution in [0.2, 0.25) is 0 Å². The van der Waals surface area contributed by atoms with E-state index in [1.807, 2.05) is 18.2 Å². The van der Waals surface area contributed by atoms with Crippen LogP contribution in [0.3, 0.4) is 0 Å². The SMILES string of the molecule is CN=C(NCc1ccc(S(=O)(=O)NC)cc1)NCc1ccc2c(c1)OCO2. The van der Waals surface area contributed by atoms with Gasteiger partial charge in [-0.3, -0.25) is 4.99 Å². The summed E-state index contributed by atoms with van der Waals surface area (Å²) >= 11 is 0. The summed E-state index contributed by atoms with van der Waals surface area (Å²) in [6.45, 7) is 1.35. The van der Waals surface area contributed by atoms with E-state index in [-0.39, 0.29) is 11.7 Å². The highest BCUT2D eigenvalue weighted by Crippen LogP contribution is 2.32. The third-order valence-corrected chi connectivity index (χ3v) is 5.51. The summed E-state index contributed by atoms with van der Waals surface area (Å²) < 4.78 is 36.5. The van der Waals surface area contributed by atoms with Gasteiger partial charge in [0, 0.05) is 20.1 Å². The number of rotatable bonds is 6. The Morgan fingerprint density at radius 1 is 1.00 bits per heavy atom. The molecule has 1 aliphatic rings. The van der Waals surface area contributed by atoms with Gasteiger partial charge in [-0.25, -0.2) is 13.1 Å². The number of benzene rings is 2. The fourth-order valence-corrected chi connectivity index (χ4v) is 3.28. The Hall–Kier alpha value is -2.78. The zero-order chi connectivity index (χ0) is 19.3. The average molecular weight is 390 g/mol. The smallest absolute Gasteiger partial charge is 0.240 e. The van der Waals surface area contributed by atoms with Gasteiger partial charge in [0.25, 0.3) is 0 Å². The van der Waals surface area contributed by atoms with Crippen LogP contribution in [0, 0.1) is 0 Å². The van der Waals surface area contributed by atoms with Crippen LogP contribution >= 0.6 is 0 Å². The molecule has 0 aromatic heterocycles. The van der Waals surface area contributed by atoms with E-state index in [0.29, 0.717) is 19.0 Å². The number of hydrogen-bond acceptors (Lipinski definition) is 5. The molecule has 0 fully saturated rings. The van der Waals surface area contributed by atoms with Crippen LogP contribution in [0.25, 0.3) is 0 Å². The van der Waals surface area contributed by atoms with Crippen molar-refractivity contribution in [3.8, 4) is 11.5 Å². The number of sulfonamides is 1. The van der Waals surface area contributed by atoms with Gasteiger partial charge in [-0.05, 0) is 42.4 Å². The number of aliphatic imine (C=N–C) groups is 1. The monoisotopic (exact) mass is 390 g/mol. The molecular weight excluding hydrogens is 368 g/mol. The van der Waals surface area contributed by atoms with E-state index in [1.54, 1.807) is 31.3 Å². The first-order valence-corrected chi connectivity index (χ1v) is 9.85. The van der Waals surface area contributed by atoms with Crippen LogP contribution < -0.4 is 24.8 Å². The van der Waals surface area contributed by atoms with Gasteiger partial charge in [0.15, 0.2) is 17.5 Å². The van der Waals surface area contributed by atoms with Crippen molar-refractivity contribution in [3.63, 3.8) is 0 Å². The Balaban J connectivity index is 1.53. The number of ether oxygens (including phenoxy) is 2. The lowest BCUT2D eigenvalue weighted by Gasteiger charge is -2.12. The second-order valence-electron chi connectivity index (χ2n) is 5.82. The molecule has 0 saturated carbocycles. The standard InChI is InChI=1S/C18H22N4O4S/c1-19-18(22-11-14-5-8-16-17(9-14)26-12-25-16)21-10-13-3-6-15(7-4-13)27(23,24)20-2/h3-9,20H,10-12H2,1-2H3,(H2,19,21,22). The quantitative estimate of drug-likeness (QED) is 0.506. The number of nitrogens with one attached hydrogen (secondary N) is 3. The minimum atomic E-state index is -3.42. The second kappa shape index (κ2) is 8.28. The van der Waals surface area contributed by atoms with Gasteiger partial charge < -0.3 is 20.1 Å². The summed E-state index contributed by atoms with van der Waals surface area (Å²) in [4.78, 5) is 4.43. The first kappa shape index (κ1) is 19.0. The number of guanidine groups is 1. The van der Waals surface area contributed by atoms with Crippen LogP contribution in [0.15, 0.2) is 52.4 Å². The van der Waals surface area contributed by atoms with Gasteiger partial charge in [-0.15, -0.1) is 0 Å². The van der Waals surface area contributed by atoms with Crippen molar-refractivity contribution < 1.29 is 17.9 Å². The molecule has 0 radical (unpaired) electrons. The summed E-state index contributed by atoms with van der Waals surface area (Å²) in [5.41, 5.74) is 1.99. The van der Waals surface area contributed by atoms with Gasteiger partial charge in [-0.2, -0.15) is 0 Å². The van der Waals surface area contributed by atoms with Crippen LogP contribution in [0.5, 0.6) is 11.5 Å². The van der Waals surface area contributed by atoms with E-state index in [1.165, 1.54) is 7.05 Å². The van der Waals surface area contributed by atoms with Crippen molar-refractivity contribution in [1.82, 2.24) is 15.4 Å². The first-order valence-electron chi connectivity index (χ1n) is 8.37. The molecule has 3 rings (SSSR count). The predicted molar refractivity (Wildman–Crippen MR) is 102 cm³/mol. The highest BCUT2D eigenvalue weighted by atomic mass is 32.2. The molecule has 144 valence electrons. The van der Waals surface area contributed by atoms with Crippen molar-refractivity contribution in [2.75, 3.05) is 20.9 Å². The number of nitrogens with zero attached hydrogens (tertiary/aromatic N) is 1. The van der Waals surface area contributed by atoms with E-state index >= 15 is 0 Å². The maximum atomic E-state index is 11.7. The van der Waals surface area contributed by atoms with Gasteiger partial charge in [0.2, 0.25) is 16.8 Å². The van der Waals surface area contributed by atoms with Gasteiger partial charge in [0.05, 0.1) is 4.90 Å². The molecule has 1 aliphatic heterocycles. The Bertz CT molecular complexity index is 927. The lowest BCUT2D eigenvalue weighted by Crippen LogP contribution is -2.36. The molecule has 0 saturated heterocycles. The summed E-state index contributed by atoms with van der Waals surface area (Å²) in [6.07, 6.45) is 0. The average Bonchev–Trinajstić information content (AvgIpc) is 3.16. The highest BCUT2D eigenvalue weighted by Gasteiger charge is 2.13. The Kier molecular flexibility index (Phi) is 5.82. The molecule has 1 heterocycles. The van der Waals surface area contributed by atoms with Gasteiger partial charge in [0.1, 0.15) is 0 Å². The van der Waals surface area contributed by atoms with Crippen molar-refractivity contribution in [1.29, 1.82) is 0 Å². The lowest BCUT2D eigenvalue weighted by molar-refractivity contribution is 0.174. The van der Waals surface area contributed by atoms with E-state index in [2.05, 4.69) is 20.3 Å². The predicted octanol–water partition coefficient (Wildman–Crippen LogP) is 1.19. The highest BCUT2D eigenvalue weighted by molar-refractivity contribution is 7.89. The van der Waals surface area contributed by atoms with Crippen molar-refractivity contribution in [2.24, 2.45) is 4.99 Å². The lowest BCUT2D eigenvalue weighted by atomic mass is 10.2. The van der Waals surface area contributed by atoms with Crippen molar-refractivity contribution in [2.45, 2.75) is 18.0 Å². The number of fused-ring (bicyclic) bond motifs is 1. The molecule has 27 heavy (non-hydrogen) atoms. The molecule has 3 N–H and O–H groups in total. The van der Waals surface area contributed by atoms with Gasteiger partial charge >= 0.3 is 0 Å². The molecule has 0 spiro atoms. The zero-order valence-electron chi connectivity index (χ0n) is 15.2. The molecule has 9 heteroatoms. The Morgan fingerprint density at radius 3 is 2.30 bits per heavy atom. The molecule has 0 amide bonds. The zero-order valence-corrected chi connectivity index (χ0v) is 16.0. The van der Waals surface area contributed by atoms with E-state index < -0.39 is 10.0 Å². The Labute approximate surface area is 158 Å². The summed E-state index contributed by atoms with van der Waals surface area (Å²) in [7, 11) is -0.339. The molecule has 0 bridgehead atoms. The maximum absolute atomic E-state index is 11.7. The normalized spacial score (nSPS) is 13.5. The minimum absolute atomic E-state index is 0.235. The van der Waals surface area contributed by atoms with Crippen molar-refractivity contribution in [3.05, 3.63) is 53.6 Å². The van der Waals surface area contributed by atoms with Crippen LogP contribution in [0.1, 0.15) is 11.1 Å². The fraction of sp³-hybridized carbons (Fsp3) is 0.278. The molecule has 0 aliphatic carbocycles. The third kappa shape index (κ3) is 4.69. The molecule has 2 aromatic rings. The molecule has 0 unspecified atom stereocenters. The van der Waals surface area contributed by atoms with Crippen molar-refractivity contribution >= 4 is 16.0 Å². The minimum Gasteiger partial charge on any atom is -0.454 e. The van der Waals surface area contributed by atoms with Gasteiger partial charge in [-0.1, -0.05) is 18.2 Å². The Morgan fingerprint density at radius 2 is 1.63 bits per heavy atom. The van der Waals surface area contributed by atoms with Crippen LogP contribution in [0.4, 0.5) is 0 Å². The maximum Gasteiger partial charge on any atom is 0.240 e. The second-order valence-corrected chi connectivity index (χ2v) is 7.70. The van der Waals surface area contributed by atoms with Crippen LogP contribution in [-0.2, 0) is 23.1 Å². The number of hydrogen-bond donors (Lipinski definition) is 3. The first-order chi connectivity index (χ1) is 13.0. The van der Waals surface area contributed by atoms with E-state index in [0.717, 1.165) is 22.6 Å². The summed E-state index contributed by atoms with van der Waals surface area (Å²) in [5.74, 6) is 2.14. The topological polar surface area (TPSA) is 101 Å². The van der Waals surface area contributed by atoms with E-state index in [4.69, 9.17) is 9.47 Å². The summed E-state index contributed by atoms with van der Waals surface area (Å²) in [5, 5.41) is 6.43.